The fraction of sp³-hybridized carbons (Fsp3) is 0.286. The zero-order valence-electron chi connectivity index (χ0n) is 11.1. The van der Waals surface area contributed by atoms with Gasteiger partial charge in [0, 0.05) is 6.20 Å². The number of hydrogen-bond donors (Lipinski definition) is 0. The van der Waals surface area contributed by atoms with Crippen molar-refractivity contribution in [2.75, 3.05) is 7.11 Å². The first kappa shape index (κ1) is 13.6. The second-order valence-corrected chi connectivity index (χ2v) is 4.79. The van der Waals surface area contributed by atoms with Gasteiger partial charge < -0.3 is 4.74 Å². The van der Waals surface area contributed by atoms with Crippen LogP contribution in [0, 0.1) is 13.8 Å². The number of rotatable bonds is 4. The molecule has 0 amide bonds. The van der Waals surface area contributed by atoms with Gasteiger partial charge in [-0.3, -0.25) is 9.48 Å². The molecule has 0 N–H and O–H groups in total. The van der Waals surface area contributed by atoms with E-state index in [2.05, 4.69) is 5.10 Å². The zero-order valence-corrected chi connectivity index (χ0v) is 11.9. The van der Waals surface area contributed by atoms with E-state index in [4.69, 9.17) is 16.3 Å². The van der Waals surface area contributed by atoms with Gasteiger partial charge in [-0.15, -0.1) is 0 Å². The third-order valence-electron chi connectivity index (χ3n) is 2.85. The van der Waals surface area contributed by atoms with Crippen molar-refractivity contribution in [1.29, 1.82) is 0 Å². The molecular formula is C14H15ClN2O2. The Balaban J connectivity index is 2.24. The summed E-state index contributed by atoms with van der Waals surface area (Å²) < 4.78 is 6.78. The molecule has 0 bridgehead atoms. The number of benzene rings is 1. The van der Waals surface area contributed by atoms with Gasteiger partial charge >= 0.3 is 0 Å². The first-order valence-corrected chi connectivity index (χ1v) is 6.26. The molecular weight excluding hydrogens is 264 g/mol. The molecule has 4 nitrogen and oxygen atoms in total. The Labute approximate surface area is 116 Å². The van der Waals surface area contributed by atoms with Crippen molar-refractivity contribution in [3.63, 3.8) is 0 Å². The molecule has 0 aliphatic carbocycles. The van der Waals surface area contributed by atoms with Gasteiger partial charge in [0.2, 0.25) is 0 Å². The zero-order chi connectivity index (χ0) is 14.0. The maximum absolute atomic E-state index is 12.2. The summed E-state index contributed by atoms with van der Waals surface area (Å²) in [6, 6.07) is 5.50. The molecule has 0 unspecified atom stereocenters. The molecule has 0 spiro atoms. The number of hydrogen-bond acceptors (Lipinski definition) is 3. The first-order valence-electron chi connectivity index (χ1n) is 5.88. The molecule has 0 radical (unpaired) electrons. The molecule has 2 aromatic rings. The SMILES string of the molecule is COc1cc(C)ccc1C(=O)Cn1cc(Cl)c(C)n1. The molecule has 0 fully saturated rings. The number of Topliss-reactive ketones (excluding diaryl/α,β-unsaturated/α-hetero) is 1. The van der Waals surface area contributed by atoms with E-state index in [0.717, 1.165) is 5.56 Å². The number of aryl methyl sites for hydroxylation is 2. The summed E-state index contributed by atoms with van der Waals surface area (Å²) in [7, 11) is 1.56. The van der Waals surface area contributed by atoms with Gasteiger partial charge in [-0.2, -0.15) is 5.10 Å². The number of aromatic nitrogens is 2. The predicted octanol–water partition coefficient (Wildman–Crippen LogP) is 3.04. The molecule has 1 aromatic heterocycles. The van der Waals surface area contributed by atoms with Crippen molar-refractivity contribution in [2.45, 2.75) is 20.4 Å². The van der Waals surface area contributed by atoms with E-state index in [1.165, 1.54) is 0 Å². The maximum atomic E-state index is 12.2. The number of nitrogens with zero attached hydrogens (tertiary/aromatic N) is 2. The number of carbonyl (C=O) groups is 1. The summed E-state index contributed by atoms with van der Waals surface area (Å²) in [6.07, 6.45) is 1.65. The van der Waals surface area contributed by atoms with Crippen LogP contribution in [0.25, 0.3) is 0 Å². The fourth-order valence-electron chi connectivity index (χ4n) is 1.84. The lowest BCUT2D eigenvalue weighted by molar-refractivity contribution is 0.0964. The van der Waals surface area contributed by atoms with Crippen LogP contribution in [0.4, 0.5) is 0 Å². The standard InChI is InChI=1S/C14H15ClN2O2/c1-9-4-5-11(14(6-9)19-3)13(18)8-17-7-12(15)10(2)16-17/h4-7H,8H2,1-3H3. The third-order valence-corrected chi connectivity index (χ3v) is 3.22. The lowest BCUT2D eigenvalue weighted by Crippen LogP contribution is -2.12. The molecule has 0 aliphatic rings. The molecule has 0 aliphatic heterocycles. The van der Waals surface area contributed by atoms with Gasteiger partial charge in [0.15, 0.2) is 5.78 Å². The lowest BCUT2D eigenvalue weighted by Gasteiger charge is -2.08. The van der Waals surface area contributed by atoms with Crippen LogP contribution in [-0.4, -0.2) is 22.7 Å². The van der Waals surface area contributed by atoms with Crippen LogP contribution < -0.4 is 4.74 Å². The fourth-order valence-corrected chi connectivity index (χ4v) is 1.99. The highest BCUT2D eigenvalue weighted by atomic mass is 35.5. The molecule has 0 saturated heterocycles. The van der Waals surface area contributed by atoms with Crippen LogP contribution >= 0.6 is 11.6 Å². The van der Waals surface area contributed by atoms with Crippen LogP contribution in [0.3, 0.4) is 0 Å². The van der Waals surface area contributed by atoms with Gasteiger partial charge in [-0.1, -0.05) is 17.7 Å². The minimum Gasteiger partial charge on any atom is -0.496 e. The third kappa shape index (κ3) is 2.96. The molecule has 0 saturated carbocycles. The minimum absolute atomic E-state index is 0.0592. The van der Waals surface area contributed by atoms with E-state index in [0.29, 0.717) is 22.0 Å². The second-order valence-electron chi connectivity index (χ2n) is 4.39. The summed E-state index contributed by atoms with van der Waals surface area (Å²) >= 11 is 5.92. The van der Waals surface area contributed by atoms with Crippen LogP contribution in [0.1, 0.15) is 21.6 Å². The van der Waals surface area contributed by atoms with Crippen molar-refractivity contribution in [1.82, 2.24) is 9.78 Å². The Kier molecular flexibility index (Phi) is 3.90. The highest BCUT2D eigenvalue weighted by Gasteiger charge is 2.14. The molecule has 2 rings (SSSR count). The highest BCUT2D eigenvalue weighted by Crippen LogP contribution is 2.21. The van der Waals surface area contributed by atoms with Crippen LogP contribution in [0.5, 0.6) is 5.75 Å². The summed E-state index contributed by atoms with van der Waals surface area (Å²) in [5, 5.41) is 4.73. The lowest BCUT2D eigenvalue weighted by atomic mass is 10.1. The van der Waals surface area contributed by atoms with E-state index >= 15 is 0 Å². The average Bonchev–Trinajstić information content (AvgIpc) is 2.67. The Hall–Kier alpha value is -1.81. The minimum atomic E-state index is -0.0592. The van der Waals surface area contributed by atoms with Crippen molar-refractivity contribution in [2.24, 2.45) is 0 Å². The summed E-state index contributed by atoms with van der Waals surface area (Å²) in [6.45, 7) is 3.90. The van der Waals surface area contributed by atoms with Gasteiger partial charge in [0.25, 0.3) is 0 Å². The van der Waals surface area contributed by atoms with E-state index in [1.807, 2.05) is 19.1 Å². The van der Waals surface area contributed by atoms with Crippen LogP contribution in [0.15, 0.2) is 24.4 Å². The smallest absolute Gasteiger partial charge is 0.187 e. The van der Waals surface area contributed by atoms with Gasteiger partial charge in [-0.25, -0.2) is 0 Å². The van der Waals surface area contributed by atoms with E-state index < -0.39 is 0 Å². The van der Waals surface area contributed by atoms with E-state index in [-0.39, 0.29) is 12.3 Å². The number of carbonyl (C=O) groups excluding carboxylic acids is 1. The van der Waals surface area contributed by atoms with E-state index in [1.54, 1.807) is 31.0 Å². The molecule has 0 atom stereocenters. The van der Waals surface area contributed by atoms with Crippen molar-refractivity contribution in [3.05, 3.63) is 46.2 Å². The van der Waals surface area contributed by atoms with Gasteiger partial charge in [0.05, 0.1) is 23.4 Å². The summed E-state index contributed by atoms with van der Waals surface area (Å²) in [4.78, 5) is 12.2. The maximum Gasteiger partial charge on any atom is 0.187 e. The average molecular weight is 279 g/mol. The molecule has 1 aromatic carbocycles. The predicted molar refractivity (Wildman–Crippen MR) is 74.0 cm³/mol. The Morgan fingerprint density at radius 3 is 2.74 bits per heavy atom. The topological polar surface area (TPSA) is 44.1 Å². The second kappa shape index (κ2) is 5.45. The largest absolute Gasteiger partial charge is 0.496 e. The van der Waals surface area contributed by atoms with Crippen molar-refractivity contribution < 1.29 is 9.53 Å². The quantitative estimate of drug-likeness (QED) is 0.808. The molecule has 19 heavy (non-hydrogen) atoms. The van der Waals surface area contributed by atoms with Crippen LogP contribution in [-0.2, 0) is 6.54 Å². The van der Waals surface area contributed by atoms with Crippen molar-refractivity contribution >= 4 is 17.4 Å². The summed E-state index contributed by atoms with van der Waals surface area (Å²) in [5.74, 6) is 0.524. The molecule has 100 valence electrons. The normalized spacial score (nSPS) is 10.5. The number of ketones is 1. The molecule has 5 heteroatoms. The number of ether oxygens (including phenoxy) is 1. The Bertz CT molecular complexity index is 600. The Morgan fingerprint density at radius 1 is 1.42 bits per heavy atom. The van der Waals surface area contributed by atoms with Crippen LogP contribution in [0.2, 0.25) is 5.02 Å². The Morgan fingerprint density at radius 2 is 2.16 bits per heavy atom. The monoisotopic (exact) mass is 278 g/mol. The summed E-state index contributed by atoms with van der Waals surface area (Å²) in [5.41, 5.74) is 2.31. The van der Waals surface area contributed by atoms with Crippen molar-refractivity contribution in [3.8, 4) is 5.75 Å². The van der Waals surface area contributed by atoms with Gasteiger partial charge in [-0.05, 0) is 31.5 Å². The highest BCUT2D eigenvalue weighted by molar-refractivity contribution is 6.31. The number of methoxy groups -OCH3 is 1. The van der Waals surface area contributed by atoms with E-state index in [9.17, 15) is 4.79 Å². The van der Waals surface area contributed by atoms with Gasteiger partial charge in [0.1, 0.15) is 12.3 Å². The molecule has 1 heterocycles. The first-order chi connectivity index (χ1) is 9.01. The number of halogens is 1.